The van der Waals surface area contributed by atoms with Crippen LogP contribution in [0, 0.1) is 0 Å². The summed E-state index contributed by atoms with van der Waals surface area (Å²) >= 11 is 0. The predicted molar refractivity (Wildman–Crippen MR) is 176 cm³/mol. The van der Waals surface area contributed by atoms with Crippen molar-refractivity contribution < 1.29 is 18.9 Å². The van der Waals surface area contributed by atoms with E-state index in [2.05, 4.69) is 34.6 Å². The first-order valence-corrected chi connectivity index (χ1v) is 15.6. The van der Waals surface area contributed by atoms with Gasteiger partial charge >= 0.3 is 6.03 Å². The Morgan fingerprint density at radius 1 is 0.630 bits per heavy atom. The molecule has 1 aliphatic rings. The number of hydrogen-bond acceptors (Lipinski definition) is 8. The summed E-state index contributed by atoms with van der Waals surface area (Å²) in [5.41, 5.74) is 17.3. The lowest BCUT2D eigenvalue weighted by Crippen LogP contribution is -2.65. The van der Waals surface area contributed by atoms with Crippen molar-refractivity contribution in [1.29, 1.82) is 0 Å². The van der Waals surface area contributed by atoms with Crippen molar-refractivity contribution in [3.63, 3.8) is 0 Å². The fourth-order valence-electron chi connectivity index (χ4n) is 6.61. The average Bonchev–Trinajstić information content (AvgIpc) is 3.65. The van der Waals surface area contributed by atoms with Crippen molar-refractivity contribution in [3.8, 4) is 0 Å². The molecule has 0 aliphatic carbocycles. The third-order valence-electron chi connectivity index (χ3n) is 9.05. The second-order valence-electron chi connectivity index (χ2n) is 12.0. The van der Waals surface area contributed by atoms with E-state index < -0.39 is 18.2 Å². The topological polar surface area (TPSA) is 148 Å². The van der Waals surface area contributed by atoms with E-state index >= 15 is 0 Å². The quantitative estimate of drug-likeness (QED) is 0.171. The molecule has 10 heteroatoms. The second-order valence-corrected chi connectivity index (χ2v) is 12.0. The first-order chi connectivity index (χ1) is 22.4. The molecule has 3 heterocycles. The molecule has 7 rings (SSSR count). The number of urea groups is 1. The molecule has 0 unspecified atom stereocenters. The van der Waals surface area contributed by atoms with Crippen molar-refractivity contribution in [3.05, 3.63) is 119 Å². The van der Waals surface area contributed by atoms with Gasteiger partial charge in [-0.15, -0.1) is 0 Å². The molecule has 6 aromatic rings. The zero-order chi connectivity index (χ0) is 31.6. The molecule has 10 nitrogen and oxygen atoms in total. The first kappa shape index (κ1) is 29.4. The highest BCUT2D eigenvalue weighted by Crippen LogP contribution is 2.33. The maximum Gasteiger partial charge on any atom is 0.321 e. The fourth-order valence-corrected chi connectivity index (χ4v) is 6.61. The number of carbonyl (C=O) groups excluding carboxylic acids is 1. The molecule has 2 atom stereocenters. The van der Waals surface area contributed by atoms with Gasteiger partial charge in [0.2, 0.25) is 0 Å². The van der Waals surface area contributed by atoms with E-state index in [0.717, 1.165) is 35.1 Å². The molecule has 0 saturated carbocycles. The zero-order valence-electron chi connectivity index (χ0n) is 25.3. The predicted octanol–water partition coefficient (Wildman–Crippen LogP) is 5.93. The molecule has 1 fully saturated rings. The van der Waals surface area contributed by atoms with Crippen LogP contribution in [0.3, 0.4) is 0 Å². The van der Waals surface area contributed by atoms with Crippen LogP contribution in [0.1, 0.15) is 35.1 Å². The Balaban J connectivity index is 1.25. The molecule has 1 aliphatic heterocycles. The van der Waals surface area contributed by atoms with Gasteiger partial charge in [-0.25, -0.2) is 4.79 Å². The first-order valence-electron chi connectivity index (χ1n) is 15.6. The molecular formula is C36H36N6O4. The number of fused-ring (bicyclic) bond motifs is 2. The fraction of sp³-hybridized carbons (Fsp3) is 0.250. The number of nitrogen functional groups attached to an aromatic ring is 2. The summed E-state index contributed by atoms with van der Waals surface area (Å²) in [6.07, 6.45) is 1.84. The van der Waals surface area contributed by atoms with Crippen LogP contribution in [0.15, 0.2) is 106 Å². The SMILES string of the molecule is Nc1noc2ccc(CN3C(=O)N(Cc4ccc5onc(N)c5c4)[C@H](CCc4ccccc4)C(O)[C@H]3CCc3ccccc3)cc12. The number of nitrogens with two attached hydrogens (primary N) is 2. The molecule has 2 amide bonds. The van der Waals surface area contributed by atoms with Crippen molar-refractivity contribution in [2.24, 2.45) is 0 Å². The molecule has 4 aromatic carbocycles. The molecule has 0 radical (unpaired) electrons. The number of benzene rings is 4. The van der Waals surface area contributed by atoms with Crippen LogP contribution in [-0.4, -0.2) is 49.4 Å². The van der Waals surface area contributed by atoms with Crippen molar-refractivity contribution >= 4 is 39.6 Å². The number of anilines is 2. The highest BCUT2D eigenvalue weighted by Gasteiger charge is 2.45. The Kier molecular flexibility index (Phi) is 8.02. The summed E-state index contributed by atoms with van der Waals surface area (Å²) in [4.78, 5) is 18.3. The molecular weight excluding hydrogens is 580 g/mol. The summed E-state index contributed by atoms with van der Waals surface area (Å²) in [7, 11) is 0. The standard InChI is InChI=1S/C36H36N6O4/c37-34-27-19-25(13-17-31(27)45-39-34)21-41-29(15-11-23-7-3-1-4-8-23)33(43)30(16-12-24-9-5-2-6-10-24)42(36(41)44)22-26-14-18-32-28(20-26)35(38)40-46-32/h1-10,13-14,17-20,29-30,33,43H,11-12,15-16,21-22H2,(H2,37,39)(H2,38,40)/t29-,30-/m1/s1. The van der Waals surface area contributed by atoms with Crippen LogP contribution in [0.2, 0.25) is 0 Å². The number of aliphatic hydroxyl groups is 1. The van der Waals surface area contributed by atoms with E-state index in [1.807, 2.05) is 82.6 Å². The number of aryl methyl sites for hydroxylation is 2. The summed E-state index contributed by atoms with van der Waals surface area (Å²) in [6.45, 7) is 0.574. The maximum absolute atomic E-state index is 14.7. The van der Waals surface area contributed by atoms with E-state index in [0.29, 0.717) is 46.4 Å². The van der Waals surface area contributed by atoms with E-state index in [1.54, 1.807) is 0 Å². The van der Waals surface area contributed by atoms with Gasteiger partial charge in [-0.3, -0.25) is 0 Å². The van der Waals surface area contributed by atoms with Gasteiger partial charge in [-0.1, -0.05) is 83.1 Å². The summed E-state index contributed by atoms with van der Waals surface area (Å²) in [6, 6.07) is 30.6. The van der Waals surface area contributed by atoms with Gasteiger partial charge in [0.15, 0.2) is 22.8 Å². The molecule has 5 N–H and O–H groups in total. The Morgan fingerprint density at radius 2 is 1.07 bits per heavy atom. The Morgan fingerprint density at radius 3 is 1.50 bits per heavy atom. The third kappa shape index (κ3) is 5.87. The largest absolute Gasteiger partial charge is 0.389 e. The van der Waals surface area contributed by atoms with Crippen molar-refractivity contribution in [2.45, 2.75) is 57.0 Å². The molecule has 46 heavy (non-hydrogen) atoms. The van der Waals surface area contributed by atoms with E-state index in [4.69, 9.17) is 20.5 Å². The minimum absolute atomic E-state index is 0.141. The van der Waals surface area contributed by atoms with Gasteiger partial charge in [-0.2, -0.15) is 0 Å². The number of nitrogens with zero attached hydrogens (tertiary/aromatic N) is 4. The van der Waals surface area contributed by atoms with Gasteiger partial charge in [0.25, 0.3) is 0 Å². The molecule has 234 valence electrons. The molecule has 0 spiro atoms. The molecule has 2 aromatic heterocycles. The lowest BCUT2D eigenvalue weighted by atomic mass is 9.88. The van der Waals surface area contributed by atoms with E-state index in [1.165, 1.54) is 0 Å². The molecule has 0 bridgehead atoms. The second kappa shape index (κ2) is 12.6. The minimum Gasteiger partial charge on any atom is -0.389 e. The van der Waals surface area contributed by atoms with Gasteiger partial charge in [0.05, 0.1) is 29.0 Å². The molecule has 1 saturated heterocycles. The number of carbonyl (C=O) groups is 1. The smallest absolute Gasteiger partial charge is 0.321 e. The van der Waals surface area contributed by atoms with Crippen molar-refractivity contribution in [2.75, 3.05) is 11.5 Å². The van der Waals surface area contributed by atoms with Crippen LogP contribution in [-0.2, 0) is 25.9 Å². The summed E-state index contributed by atoms with van der Waals surface area (Å²) in [5, 5.41) is 21.4. The van der Waals surface area contributed by atoms with Gasteiger partial charge < -0.3 is 35.4 Å². The lowest BCUT2D eigenvalue weighted by Gasteiger charge is -2.49. The Bertz CT molecular complexity index is 1820. The normalized spacial score (nSPS) is 17.4. The zero-order valence-corrected chi connectivity index (χ0v) is 25.3. The number of aromatic nitrogens is 2. The summed E-state index contributed by atoms with van der Waals surface area (Å²) in [5.74, 6) is 0.599. The van der Waals surface area contributed by atoms with Gasteiger partial charge in [0, 0.05) is 13.1 Å². The highest BCUT2D eigenvalue weighted by atomic mass is 16.5. The Labute approximate surface area is 266 Å². The van der Waals surface area contributed by atoms with Crippen LogP contribution < -0.4 is 11.5 Å². The minimum atomic E-state index is -0.807. The third-order valence-corrected chi connectivity index (χ3v) is 9.05. The number of amides is 2. The van der Waals surface area contributed by atoms with Gasteiger partial charge in [-0.05, 0) is 72.2 Å². The average molecular weight is 617 g/mol. The number of hydrogen-bond donors (Lipinski definition) is 3. The maximum atomic E-state index is 14.7. The number of rotatable bonds is 10. The Hall–Kier alpha value is -5.35. The van der Waals surface area contributed by atoms with Gasteiger partial charge in [0.1, 0.15) is 0 Å². The van der Waals surface area contributed by atoms with Crippen molar-refractivity contribution in [1.82, 2.24) is 20.1 Å². The summed E-state index contributed by atoms with van der Waals surface area (Å²) < 4.78 is 10.6. The monoisotopic (exact) mass is 616 g/mol. The van der Waals surface area contributed by atoms with E-state index in [9.17, 15) is 9.90 Å². The van der Waals surface area contributed by atoms with E-state index in [-0.39, 0.29) is 19.1 Å². The van der Waals surface area contributed by atoms with Crippen LogP contribution >= 0.6 is 0 Å². The number of aliphatic hydroxyl groups excluding tert-OH is 1. The lowest BCUT2D eigenvalue weighted by molar-refractivity contribution is -0.0477. The highest BCUT2D eigenvalue weighted by molar-refractivity contribution is 5.88. The van der Waals surface area contributed by atoms with Crippen LogP contribution in [0.5, 0.6) is 0 Å². The van der Waals surface area contributed by atoms with Crippen LogP contribution in [0.4, 0.5) is 16.4 Å². The van der Waals surface area contributed by atoms with Crippen LogP contribution in [0.25, 0.3) is 21.9 Å².